The number of pyridine rings is 1. The molecule has 0 saturated carbocycles. The van der Waals surface area contributed by atoms with Crippen molar-refractivity contribution in [3.05, 3.63) is 52.1 Å². The number of hydrogen-bond acceptors (Lipinski definition) is 3. The van der Waals surface area contributed by atoms with Gasteiger partial charge in [0.25, 0.3) is 0 Å². The van der Waals surface area contributed by atoms with Crippen LogP contribution in [0.2, 0.25) is 10.0 Å². The van der Waals surface area contributed by atoms with E-state index in [9.17, 15) is 0 Å². The second-order valence-corrected chi connectivity index (χ2v) is 4.93. The van der Waals surface area contributed by atoms with Crippen molar-refractivity contribution in [2.75, 3.05) is 7.05 Å². The van der Waals surface area contributed by atoms with Crippen molar-refractivity contribution in [3.8, 4) is 11.6 Å². The molecule has 100 valence electrons. The monoisotopic (exact) mass is 296 g/mol. The number of rotatable bonds is 4. The number of nitrogens with zero attached hydrogens (tertiary/aromatic N) is 1. The Labute approximate surface area is 122 Å². The maximum Gasteiger partial charge on any atom is 0.219 e. The first-order chi connectivity index (χ1) is 9.10. The predicted octanol–water partition coefficient (Wildman–Crippen LogP) is 4.46. The normalized spacial score (nSPS) is 12.2. The summed E-state index contributed by atoms with van der Waals surface area (Å²) in [6.45, 7) is 2.07. The van der Waals surface area contributed by atoms with Crippen LogP contribution in [0.15, 0.2) is 36.5 Å². The van der Waals surface area contributed by atoms with Crippen molar-refractivity contribution in [2.45, 2.75) is 13.0 Å². The fraction of sp³-hybridized carbons (Fsp3) is 0.214. The summed E-state index contributed by atoms with van der Waals surface area (Å²) in [6.07, 6.45) is 1.72. The van der Waals surface area contributed by atoms with E-state index in [2.05, 4.69) is 17.2 Å². The lowest BCUT2D eigenvalue weighted by Crippen LogP contribution is -2.12. The van der Waals surface area contributed by atoms with Crippen LogP contribution < -0.4 is 10.1 Å². The molecule has 0 aliphatic rings. The molecular weight excluding hydrogens is 283 g/mol. The third-order valence-corrected chi connectivity index (χ3v) is 3.54. The van der Waals surface area contributed by atoms with Crippen molar-refractivity contribution in [3.63, 3.8) is 0 Å². The number of benzene rings is 1. The zero-order chi connectivity index (χ0) is 13.8. The molecule has 1 heterocycles. The third kappa shape index (κ3) is 3.60. The summed E-state index contributed by atoms with van der Waals surface area (Å²) in [5.41, 5.74) is 1.10. The minimum Gasteiger partial charge on any atom is -0.439 e. The fourth-order valence-electron chi connectivity index (χ4n) is 1.58. The van der Waals surface area contributed by atoms with E-state index in [1.807, 2.05) is 19.2 Å². The van der Waals surface area contributed by atoms with Crippen LogP contribution in [0, 0.1) is 0 Å². The molecule has 1 unspecified atom stereocenters. The van der Waals surface area contributed by atoms with E-state index < -0.39 is 0 Å². The highest BCUT2D eigenvalue weighted by Crippen LogP contribution is 2.29. The van der Waals surface area contributed by atoms with Gasteiger partial charge in [-0.3, -0.25) is 0 Å². The lowest BCUT2D eigenvalue weighted by atomic mass is 10.1. The highest BCUT2D eigenvalue weighted by atomic mass is 35.5. The van der Waals surface area contributed by atoms with E-state index in [0.29, 0.717) is 21.7 Å². The van der Waals surface area contributed by atoms with Crippen LogP contribution in [0.25, 0.3) is 0 Å². The zero-order valence-electron chi connectivity index (χ0n) is 10.7. The number of aromatic nitrogens is 1. The molecule has 19 heavy (non-hydrogen) atoms. The summed E-state index contributed by atoms with van der Waals surface area (Å²) in [5.74, 6) is 1.13. The Morgan fingerprint density at radius 3 is 2.63 bits per heavy atom. The molecule has 0 radical (unpaired) electrons. The van der Waals surface area contributed by atoms with Gasteiger partial charge in [-0.2, -0.15) is 0 Å². The number of halogens is 2. The first kappa shape index (κ1) is 14.1. The molecule has 1 aromatic heterocycles. The van der Waals surface area contributed by atoms with Gasteiger partial charge < -0.3 is 10.1 Å². The quantitative estimate of drug-likeness (QED) is 0.904. The molecule has 0 aliphatic heterocycles. The Morgan fingerprint density at radius 1 is 1.16 bits per heavy atom. The lowest BCUT2D eigenvalue weighted by Gasteiger charge is -2.12. The first-order valence-corrected chi connectivity index (χ1v) is 6.62. The molecule has 0 bridgehead atoms. The average molecular weight is 297 g/mol. The van der Waals surface area contributed by atoms with Gasteiger partial charge in [-0.1, -0.05) is 23.2 Å². The van der Waals surface area contributed by atoms with E-state index in [1.165, 1.54) is 0 Å². The van der Waals surface area contributed by atoms with Crippen LogP contribution in [0.3, 0.4) is 0 Å². The molecule has 1 aromatic carbocycles. The van der Waals surface area contributed by atoms with Gasteiger partial charge in [0.2, 0.25) is 5.88 Å². The minimum atomic E-state index is 0.235. The number of ether oxygens (including phenoxy) is 1. The molecule has 2 rings (SSSR count). The molecule has 2 aromatic rings. The standard InChI is InChI=1S/C14H14Cl2N2O/c1-9(17-2)10-5-6-18-14(7-10)19-11-3-4-12(15)13(16)8-11/h3-9,17H,1-2H3. The van der Waals surface area contributed by atoms with Crippen LogP contribution >= 0.6 is 23.2 Å². The van der Waals surface area contributed by atoms with Crippen molar-refractivity contribution in [1.29, 1.82) is 0 Å². The molecule has 0 fully saturated rings. The Hall–Kier alpha value is -1.29. The number of hydrogen-bond donors (Lipinski definition) is 1. The first-order valence-electron chi connectivity index (χ1n) is 5.86. The number of nitrogens with one attached hydrogen (secondary N) is 1. The van der Waals surface area contributed by atoms with Gasteiger partial charge in [0.05, 0.1) is 10.0 Å². The maximum atomic E-state index is 5.94. The summed E-state index contributed by atoms with van der Waals surface area (Å²) >= 11 is 11.8. The van der Waals surface area contributed by atoms with Crippen LogP contribution in [-0.4, -0.2) is 12.0 Å². The Kier molecular flexibility index (Phi) is 4.64. The van der Waals surface area contributed by atoms with Gasteiger partial charge in [-0.05, 0) is 37.7 Å². The van der Waals surface area contributed by atoms with Crippen LogP contribution in [0.4, 0.5) is 0 Å². The van der Waals surface area contributed by atoms with Gasteiger partial charge in [0.15, 0.2) is 0 Å². The van der Waals surface area contributed by atoms with E-state index in [4.69, 9.17) is 27.9 Å². The SMILES string of the molecule is CNC(C)c1ccnc(Oc2ccc(Cl)c(Cl)c2)c1. The molecule has 0 aliphatic carbocycles. The molecule has 3 nitrogen and oxygen atoms in total. The second-order valence-electron chi connectivity index (χ2n) is 4.12. The molecule has 0 saturated heterocycles. The Bertz CT molecular complexity index is 575. The Balaban J connectivity index is 2.20. The summed E-state index contributed by atoms with van der Waals surface area (Å²) in [4.78, 5) is 4.18. The lowest BCUT2D eigenvalue weighted by molar-refractivity contribution is 0.461. The highest BCUT2D eigenvalue weighted by molar-refractivity contribution is 6.42. The average Bonchev–Trinajstić information content (AvgIpc) is 2.42. The van der Waals surface area contributed by atoms with Crippen LogP contribution in [-0.2, 0) is 0 Å². The van der Waals surface area contributed by atoms with Gasteiger partial charge in [-0.15, -0.1) is 0 Å². The molecule has 5 heteroatoms. The van der Waals surface area contributed by atoms with E-state index in [-0.39, 0.29) is 6.04 Å². The largest absolute Gasteiger partial charge is 0.439 e. The Morgan fingerprint density at radius 2 is 1.95 bits per heavy atom. The summed E-state index contributed by atoms with van der Waals surface area (Å²) < 4.78 is 5.67. The highest BCUT2D eigenvalue weighted by Gasteiger charge is 2.06. The fourth-order valence-corrected chi connectivity index (χ4v) is 1.87. The van der Waals surface area contributed by atoms with Gasteiger partial charge in [-0.25, -0.2) is 4.98 Å². The second kappa shape index (κ2) is 6.24. The summed E-state index contributed by atoms with van der Waals surface area (Å²) in [7, 11) is 1.91. The van der Waals surface area contributed by atoms with E-state index in [0.717, 1.165) is 5.56 Å². The van der Waals surface area contributed by atoms with Crippen molar-refractivity contribution < 1.29 is 4.74 Å². The molecule has 0 amide bonds. The van der Waals surface area contributed by atoms with Crippen molar-refractivity contribution in [2.24, 2.45) is 0 Å². The van der Waals surface area contributed by atoms with Crippen LogP contribution in [0.5, 0.6) is 11.6 Å². The maximum absolute atomic E-state index is 5.94. The third-order valence-electron chi connectivity index (χ3n) is 2.81. The topological polar surface area (TPSA) is 34.2 Å². The minimum absolute atomic E-state index is 0.235. The predicted molar refractivity (Wildman–Crippen MR) is 78.2 cm³/mol. The van der Waals surface area contributed by atoms with Crippen molar-refractivity contribution in [1.82, 2.24) is 10.3 Å². The van der Waals surface area contributed by atoms with Crippen molar-refractivity contribution >= 4 is 23.2 Å². The molecule has 1 atom stereocenters. The zero-order valence-corrected chi connectivity index (χ0v) is 12.2. The van der Waals surface area contributed by atoms with Gasteiger partial charge in [0.1, 0.15) is 5.75 Å². The smallest absolute Gasteiger partial charge is 0.219 e. The summed E-state index contributed by atoms with van der Waals surface area (Å²) in [6, 6.07) is 9.19. The van der Waals surface area contributed by atoms with E-state index >= 15 is 0 Å². The van der Waals surface area contributed by atoms with Gasteiger partial charge in [0, 0.05) is 24.4 Å². The van der Waals surface area contributed by atoms with Crippen LogP contribution in [0.1, 0.15) is 18.5 Å². The molecule has 1 N–H and O–H groups in total. The summed E-state index contributed by atoms with van der Waals surface area (Å²) in [5, 5.41) is 4.12. The molecular formula is C14H14Cl2N2O. The van der Waals surface area contributed by atoms with Gasteiger partial charge >= 0.3 is 0 Å². The van der Waals surface area contributed by atoms with E-state index in [1.54, 1.807) is 24.4 Å². The molecule has 0 spiro atoms.